The fourth-order valence-corrected chi connectivity index (χ4v) is 2.10. The summed E-state index contributed by atoms with van der Waals surface area (Å²) < 4.78 is 14.9. The molecule has 10 nitrogen and oxygen atoms in total. The van der Waals surface area contributed by atoms with E-state index in [4.69, 9.17) is 14.2 Å². The number of imide groups is 1. The van der Waals surface area contributed by atoms with Gasteiger partial charge >= 0.3 is 6.16 Å². The number of ether oxygens (including phenoxy) is 3. The Bertz CT molecular complexity index is 675. The summed E-state index contributed by atoms with van der Waals surface area (Å²) in [4.78, 5) is 50.9. The lowest BCUT2D eigenvalue weighted by molar-refractivity contribution is -0.174. The quantitative estimate of drug-likeness (QED) is 0.276. The number of hydroxylamine groups is 2. The maximum atomic E-state index is 12.0. The molecular weight excluding hydrogens is 396 g/mol. The molecule has 3 amide bonds. The predicted octanol–water partition coefficient (Wildman–Crippen LogP) is 2.57. The first kappa shape index (κ1) is 29.2. The van der Waals surface area contributed by atoms with Crippen LogP contribution in [0.25, 0.3) is 0 Å². The highest BCUT2D eigenvalue weighted by atomic mass is 16.8. The van der Waals surface area contributed by atoms with Crippen molar-refractivity contribution in [3.05, 3.63) is 29.8 Å². The van der Waals surface area contributed by atoms with Crippen LogP contribution in [0.4, 0.5) is 4.79 Å². The van der Waals surface area contributed by atoms with E-state index in [1.54, 1.807) is 7.11 Å². The average molecular weight is 428 g/mol. The van der Waals surface area contributed by atoms with E-state index in [1.165, 1.54) is 24.3 Å². The predicted molar refractivity (Wildman–Crippen MR) is 110 cm³/mol. The van der Waals surface area contributed by atoms with Crippen LogP contribution in [0.1, 0.15) is 45.5 Å². The van der Waals surface area contributed by atoms with Gasteiger partial charge in [0.15, 0.2) is 0 Å². The first-order valence-electron chi connectivity index (χ1n) is 8.21. The van der Waals surface area contributed by atoms with Crippen molar-refractivity contribution in [2.75, 3.05) is 33.5 Å². The number of hydrogen-bond donors (Lipinski definition) is 1. The lowest BCUT2D eigenvalue weighted by Crippen LogP contribution is -2.33. The van der Waals surface area contributed by atoms with Crippen molar-refractivity contribution >= 4 is 23.9 Å². The van der Waals surface area contributed by atoms with E-state index in [0.29, 0.717) is 37.0 Å². The van der Waals surface area contributed by atoms with Crippen LogP contribution in [0, 0.1) is 0 Å². The van der Waals surface area contributed by atoms with E-state index >= 15 is 0 Å². The molecule has 30 heavy (non-hydrogen) atoms. The first-order chi connectivity index (χ1) is 13.0. The lowest BCUT2D eigenvalue weighted by atomic mass is 10.2. The Morgan fingerprint density at radius 2 is 1.57 bits per heavy atom. The summed E-state index contributed by atoms with van der Waals surface area (Å²) >= 11 is 0. The second-order valence-electron chi connectivity index (χ2n) is 5.41. The Morgan fingerprint density at radius 1 is 0.967 bits per heavy atom. The highest BCUT2D eigenvalue weighted by Crippen LogP contribution is 2.16. The van der Waals surface area contributed by atoms with Gasteiger partial charge in [-0.15, -0.1) is 0 Å². The smallest absolute Gasteiger partial charge is 0.393 e. The zero-order chi connectivity index (χ0) is 19.6. The van der Waals surface area contributed by atoms with E-state index < -0.39 is 18.0 Å². The molecule has 1 heterocycles. The summed E-state index contributed by atoms with van der Waals surface area (Å²) in [6.45, 7) is 1.63. The first-order valence-corrected chi connectivity index (χ1v) is 8.21. The summed E-state index contributed by atoms with van der Waals surface area (Å²) in [6, 6.07) is 5.68. The Morgan fingerprint density at radius 3 is 2.13 bits per heavy atom. The number of methoxy groups -OCH3 is 1. The SMILES string of the molecule is C.C.C.COCCOCCNC(=O)c1ccc(OC(=O)ON2C(=O)CCC2=O)cc1. The number of carbonyl (C=O) groups is 4. The van der Waals surface area contributed by atoms with E-state index in [9.17, 15) is 19.2 Å². The van der Waals surface area contributed by atoms with Gasteiger partial charge in [-0.1, -0.05) is 27.3 Å². The molecule has 1 aromatic rings. The highest BCUT2D eigenvalue weighted by Gasteiger charge is 2.33. The molecule has 0 aliphatic carbocycles. The number of carbonyl (C=O) groups excluding carboxylic acids is 4. The van der Waals surface area contributed by atoms with Crippen LogP contribution in [0.15, 0.2) is 24.3 Å². The number of amides is 3. The fraction of sp³-hybridized carbons (Fsp3) is 0.500. The number of rotatable bonds is 9. The van der Waals surface area contributed by atoms with Gasteiger partial charge in [0, 0.05) is 32.1 Å². The monoisotopic (exact) mass is 428 g/mol. The average Bonchev–Trinajstić information content (AvgIpc) is 2.97. The molecule has 0 saturated carbocycles. The van der Waals surface area contributed by atoms with E-state index in [0.717, 1.165) is 0 Å². The molecule has 0 spiro atoms. The van der Waals surface area contributed by atoms with Gasteiger partial charge in [-0.3, -0.25) is 19.2 Å². The molecule has 1 aliphatic rings. The molecule has 1 saturated heterocycles. The molecule has 0 bridgehead atoms. The molecule has 10 heteroatoms. The van der Waals surface area contributed by atoms with Gasteiger partial charge in [-0.05, 0) is 24.3 Å². The second-order valence-corrected chi connectivity index (χ2v) is 5.41. The molecule has 1 fully saturated rings. The minimum Gasteiger partial charge on any atom is -0.393 e. The lowest BCUT2D eigenvalue weighted by Gasteiger charge is -2.12. The van der Waals surface area contributed by atoms with Crippen molar-refractivity contribution in [3.63, 3.8) is 0 Å². The Hall–Kier alpha value is -2.98. The minimum absolute atomic E-state index is 0. The molecule has 0 aromatic heterocycles. The highest BCUT2D eigenvalue weighted by molar-refractivity contribution is 6.01. The summed E-state index contributed by atoms with van der Waals surface area (Å²) in [5.41, 5.74) is 0.359. The summed E-state index contributed by atoms with van der Waals surface area (Å²) in [5, 5.41) is 3.06. The molecule has 1 aromatic carbocycles. The number of nitrogens with zero attached hydrogens (tertiary/aromatic N) is 1. The van der Waals surface area contributed by atoms with Crippen LogP contribution < -0.4 is 10.1 Å². The van der Waals surface area contributed by atoms with Crippen molar-refractivity contribution < 1.29 is 38.2 Å². The molecule has 0 radical (unpaired) electrons. The van der Waals surface area contributed by atoms with Crippen LogP contribution in [0.3, 0.4) is 0 Å². The number of hydrogen-bond acceptors (Lipinski definition) is 8. The van der Waals surface area contributed by atoms with Gasteiger partial charge in [0.2, 0.25) is 0 Å². The van der Waals surface area contributed by atoms with Crippen molar-refractivity contribution in [2.45, 2.75) is 35.1 Å². The minimum atomic E-state index is -1.22. The Kier molecular flexibility index (Phi) is 14.6. The van der Waals surface area contributed by atoms with Gasteiger partial charge in [-0.2, -0.15) is 0 Å². The molecule has 1 aliphatic heterocycles. The van der Waals surface area contributed by atoms with E-state index in [2.05, 4.69) is 10.2 Å². The van der Waals surface area contributed by atoms with E-state index in [-0.39, 0.29) is 46.8 Å². The third-order valence-electron chi connectivity index (χ3n) is 3.45. The van der Waals surface area contributed by atoms with Crippen molar-refractivity contribution in [2.24, 2.45) is 0 Å². The molecule has 1 N–H and O–H groups in total. The van der Waals surface area contributed by atoms with Crippen molar-refractivity contribution in [3.8, 4) is 5.75 Å². The molecule has 2 rings (SSSR count). The van der Waals surface area contributed by atoms with Gasteiger partial charge in [0.05, 0.1) is 19.8 Å². The molecule has 170 valence electrons. The van der Waals surface area contributed by atoms with Gasteiger partial charge in [0.1, 0.15) is 5.75 Å². The maximum absolute atomic E-state index is 12.0. The zero-order valence-electron chi connectivity index (χ0n) is 14.8. The van der Waals surface area contributed by atoms with Gasteiger partial charge in [-0.25, -0.2) is 4.79 Å². The number of benzene rings is 1. The second kappa shape index (κ2) is 14.9. The zero-order valence-corrected chi connectivity index (χ0v) is 14.8. The summed E-state index contributed by atoms with van der Waals surface area (Å²) in [6.07, 6.45) is -1.23. The normalized spacial score (nSPS) is 12.2. The standard InChI is InChI=1S/C17H20N2O8.3CH4/c1-24-10-11-25-9-8-18-16(22)12-2-4-13(5-3-12)26-17(23)27-19-14(20)6-7-15(19)21;;;/h2-5H,6-11H2,1H3,(H,18,22);3*1H4. The molecule has 0 atom stereocenters. The van der Waals surface area contributed by atoms with Crippen LogP contribution in [0.2, 0.25) is 0 Å². The van der Waals surface area contributed by atoms with Gasteiger partial charge in [0.25, 0.3) is 17.7 Å². The Labute approximate surface area is 177 Å². The fourth-order valence-electron chi connectivity index (χ4n) is 2.10. The van der Waals surface area contributed by atoms with Crippen LogP contribution in [-0.4, -0.2) is 62.4 Å². The Balaban J connectivity index is 0. The van der Waals surface area contributed by atoms with E-state index in [1.807, 2.05) is 0 Å². The number of nitrogens with one attached hydrogen (secondary N) is 1. The third-order valence-corrected chi connectivity index (χ3v) is 3.45. The van der Waals surface area contributed by atoms with Crippen LogP contribution in [0.5, 0.6) is 5.75 Å². The maximum Gasteiger partial charge on any atom is 0.539 e. The summed E-state index contributed by atoms with van der Waals surface area (Å²) in [5.74, 6) is -1.42. The van der Waals surface area contributed by atoms with Crippen LogP contribution >= 0.6 is 0 Å². The molecule has 0 unspecified atom stereocenters. The van der Waals surface area contributed by atoms with Crippen molar-refractivity contribution in [1.29, 1.82) is 0 Å². The topological polar surface area (TPSA) is 120 Å². The van der Waals surface area contributed by atoms with Crippen LogP contribution in [-0.2, 0) is 23.9 Å². The third kappa shape index (κ3) is 9.01. The molecular formula is C20H32N2O8. The van der Waals surface area contributed by atoms with Crippen molar-refractivity contribution in [1.82, 2.24) is 10.4 Å². The van der Waals surface area contributed by atoms with Gasteiger partial charge < -0.3 is 19.5 Å². The largest absolute Gasteiger partial charge is 0.539 e. The summed E-state index contributed by atoms with van der Waals surface area (Å²) in [7, 11) is 1.57.